The molecular formula is C56H97NO5. The average Bonchev–Trinajstić information content (AvgIpc) is 3.26. The third kappa shape index (κ3) is 43.7. The maximum Gasteiger partial charge on any atom is 0.306 e. The van der Waals surface area contributed by atoms with Crippen molar-refractivity contribution in [1.29, 1.82) is 0 Å². The molecule has 62 heavy (non-hydrogen) atoms. The Kier molecular flexibility index (Phi) is 46.7. The molecule has 0 aliphatic heterocycles. The van der Waals surface area contributed by atoms with Gasteiger partial charge in [-0.2, -0.15) is 0 Å². The second-order valence-corrected chi connectivity index (χ2v) is 17.2. The molecule has 0 aliphatic rings. The highest BCUT2D eigenvalue weighted by Gasteiger charge is 2.24. The number of unbranched alkanes of at least 4 members (excludes halogenated alkanes) is 19. The van der Waals surface area contributed by atoms with E-state index in [0.29, 0.717) is 19.3 Å². The molecule has 0 bridgehead atoms. The normalized spacial score (nSPS) is 14.0. The number of aliphatic hydroxyl groups is 2. The number of carbonyl (C=O) groups is 2. The van der Waals surface area contributed by atoms with E-state index in [1.165, 1.54) is 83.5 Å². The Labute approximate surface area is 383 Å². The topological polar surface area (TPSA) is 95.9 Å². The molecule has 3 unspecified atom stereocenters. The zero-order valence-corrected chi connectivity index (χ0v) is 40.5. The van der Waals surface area contributed by atoms with Gasteiger partial charge in [-0.1, -0.05) is 215 Å². The summed E-state index contributed by atoms with van der Waals surface area (Å²) < 4.78 is 5.90. The maximum atomic E-state index is 13.2. The minimum Gasteiger partial charge on any atom is -0.462 e. The Morgan fingerprint density at radius 3 is 1.35 bits per heavy atom. The quantitative estimate of drug-likeness (QED) is 0.0322. The minimum absolute atomic E-state index is 0.0316. The third-order valence-corrected chi connectivity index (χ3v) is 11.2. The summed E-state index contributed by atoms with van der Waals surface area (Å²) in [6.07, 6.45) is 63.6. The van der Waals surface area contributed by atoms with Crippen LogP contribution < -0.4 is 5.32 Å². The summed E-state index contributed by atoms with van der Waals surface area (Å²) in [5.41, 5.74) is 0. The van der Waals surface area contributed by atoms with Gasteiger partial charge in [-0.3, -0.25) is 9.59 Å². The molecule has 3 N–H and O–H groups in total. The number of allylic oxidation sites excluding steroid dienone is 14. The lowest BCUT2D eigenvalue weighted by Crippen LogP contribution is -2.46. The molecule has 0 aromatic carbocycles. The molecule has 0 saturated heterocycles. The molecule has 1 amide bonds. The van der Waals surface area contributed by atoms with Gasteiger partial charge in [0.15, 0.2) is 0 Å². The molecule has 0 saturated carbocycles. The van der Waals surface area contributed by atoms with Gasteiger partial charge in [0.1, 0.15) is 6.10 Å². The van der Waals surface area contributed by atoms with Crippen molar-refractivity contribution < 1.29 is 24.5 Å². The molecule has 356 valence electrons. The summed E-state index contributed by atoms with van der Waals surface area (Å²) in [5, 5.41) is 23.7. The SMILES string of the molecule is CC/C=C\C/C=C\C/C=C\C/C=C\C/C=C\CCCC(CC(=O)NC(CO)C(O)CCCCCCCCCCCCCC)OC(=O)CCCCCCCCC/C=C/C/C=C/CC. The smallest absolute Gasteiger partial charge is 0.306 e. The number of ether oxygens (including phenoxy) is 1. The molecule has 0 heterocycles. The molecular weight excluding hydrogens is 767 g/mol. The Morgan fingerprint density at radius 1 is 0.484 bits per heavy atom. The fourth-order valence-corrected chi connectivity index (χ4v) is 7.38. The highest BCUT2D eigenvalue weighted by molar-refractivity contribution is 5.77. The summed E-state index contributed by atoms with van der Waals surface area (Å²) in [6.45, 7) is 6.24. The van der Waals surface area contributed by atoms with Gasteiger partial charge in [0.05, 0.1) is 25.2 Å². The maximum absolute atomic E-state index is 13.2. The van der Waals surface area contributed by atoms with Gasteiger partial charge >= 0.3 is 5.97 Å². The predicted molar refractivity (Wildman–Crippen MR) is 268 cm³/mol. The fourth-order valence-electron chi connectivity index (χ4n) is 7.38. The van der Waals surface area contributed by atoms with Crippen molar-refractivity contribution in [3.8, 4) is 0 Å². The first-order valence-electron chi connectivity index (χ1n) is 25.8. The average molecular weight is 864 g/mol. The Balaban J connectivity index is 4.72. The standard InChI is InChI=1S/C56H97NO5/c1-4-7-10-13-16-19-22-25-27-28-29-30-32-35-38-41-44-47-52(62-56(61)49-46-43-40-37-34-31-26-23-20-17-14-11-8-5-2)50-55(60)57-53(51-58)54(59)48-45-42-39-36-33-24-21-18-15-12-9-6-3/h7-8,10-11,16-17,19-20,25,27,29-30,35,38,52-54,58-59H,4-6,9,12-15,18,21-24,26,28,31-34,36-37,39-51H2,1-3H3,(H,57,60)/b10-7-,11-8+,19-16-,20-17+,27-25-,30-29-,38-35-. The van der Waals surface area contributed by atoms with E-state index in [9.17, 15) is 19.8 Å². The van der Waals surface area contributed by atoms with E-state index in [0.717, 1.165) is 103 Å². The zero-order valence-electron chi connectivity index (χ0n) is 40.5. The molecule has 6 heteroatoms. The molecule has 0 fully saturated rings. The van der Waals surface area contributed by atoms with Crippen LogP contribution in [0, 0.1) is 0 Å². The lowest BCUT2D eigenvalue weighted by molar-refractivity contribution is -0.151. The van der Waals surface area contributed by atoms with Crippen LogP contribution >= 0.6 is 0 Å². The second kappa shape index (κ2) is 49.1. The van der Waals surface area contributed by atoms with E-state index in [2.05, 4.69) is 111 Å². The Morgan fingerprint density at radius 2 is 0.887 bits per heavy atom. The van der Waals surface area contributed by atoms with Gasteiger partial charge < -0.3 is 20.3 Å². The fraction of sp³-hybridized carbons (Fsp3) is 0.714. The van der Waals surface area contributed by atoms with Gasteiger partial charge in [0, 0.05) is 6.42 Å². The van der Waals surface area contributed by atoms with E-state index in [1.807, 2.05) is 0 Å². The van der Waals surface area contributed by atoms with Gasteiger partial charge in [-0.05, 0) is 89.9 Å². The molecule has 0 radical (unpaired) electrons. The van der Waals surface area contributed by atoms with E-state index in [-0.39, 0.29) is 24.9 Å². The number of esters is 1. The highest BCUT2D eigenvalue weighted by Crippen LogP contribution is 2.17. The molecule has 0 aromatic rings. The molecule has 6 nitrogen and oxygen atoms in total. The van der Waals surface area contributed by atoms with Crippen LogP contribution in [0.4, 0.5) is 0 Å². The van der Waals surface area contributed by atoms with Crippen LogP contribution in [-0.2, 0) is 14.3 Å². The summed E-state index contributed by atoms with van der Waals surface area (Å²) in [5.74, 6) is -0.543. The van der Waals surface area contributed by atoms with Crippen molar-refractivity contribution in [3.05, 3.63) is 85.1 Å². The third-order valence-electron chi connectivity index (χ3n) is 11.2. The lowest BCUT2D eigenvalue weighted by Gasteiger charge is -2.24. The molecule has 0 aromatic heterocycles. The van der Waals surface area contributed by atoms with Gasteiger partial charge in [0.2, 0.25) is 5.91 Å². The number of aliphatic hydroxyl groups excluding tert-OH is 2. The number of carbonyl (C=O) groups excluding carboxylic acids is 2. The summed E-state index contributed by atoms with van der Waals surface area (Å²) >= 11 is 0. The van der Waals surface area contributed by atoms with Crippen LogP contribution in [0.15, 0.2) is 85.1 Å². The monoisotopic (exact) mass is 864 g/mol. The highest BCUT2D eigenvalue weighted by atomic mass is 16.5. The van der Waals surface area contributed by atoms with Crippen molar-refractivity contribution in [2.45, 2.75) is 251 Å². The minimum atomic E-state index is -0.807. The summed E-state index contributed by atoms with van der Waals surface area (Å²) in [6, 6.07) is -0.725. The first kappa shape index (κ1) is 59.0. The van der Waals surface area contributed by atoms with Crippen LogP contribution in [0.1, 0.15) is 233 Å². The van der Waals surface area contributed by atoms with Crippen LogP contribution in [0.25, 0.3) is 0 Å². The van der Waals surface area contributed by atoms with E-state index >= 15 is 0 Å². The molecule has 0 spiro atoms. The summed E-state index contributed by atoms with van der Waals surface area (Å²) in [4.78, 5) is 26.1. The first-order valence-corrected chi connectivity index (χ1v) is 25.8. The van der Waals surface area contributed by atoms with Gasteiger partial charge in [0.25, 0.3) is 0 Å². The van der Waals surface area contributed by atoms with E-state index < -0.39 is 18.2 Å². The van der Waals surface area contributed by atoms with E-state index in [1.54, 1.807) is 0 Å². The largest absolute Gasteiger partial charge is 0.462 e. The van der Waals surface area contributed by atoms with Crippen molar-refractivity contribution in [2.24, 2.45) is 0 Å². The second-order valence-electron chi connectivity index (χ2n) is 17.2. The van der Waals surface area contributed by atoms with Crippen molar-refractivity contribution in [2.75, 3.05) is 6.61 Å². The van der Waals surface area contributed by atoms with Gasteiger partial charge in [-0.25, -0.2) is 0 Å². The zero-order chi connectivity index (χ0) is 45.2. The van der Waals surface area contributed by atoms with Crippen molar-refractivity contribution in [1.82, 2.24) is 5.32 Å². The van der Waals surface area contributed by atoms with Crippen molar-refractivity contribution in [3.63, 3.8) is 0 Å². The van der Waals surface area contributed by atoms with Crippen LogP contribution in [-0.4, -0.2) is 46.9 Å². The first-order chi connectivity index (χ1) is 30.5. The van der Waals surface area contributed by atoms with Crippen molar-refractivity contribution >= 4 is 11.9 Å². The molecule has 3 atom stereocenters. The number of hydrogen-bond donors (Lipinski definition) is 3. The molecule has 0 aliphatic carbocycles. The summed E-state index contributed by atoms with van der Waals surface area (Å²) in [7, 11) is 0. The Hall–Kier alpha value is -2.96. The number of rotatable bonds is 45. The lowest BCUT2D eigenvalue weighted by atomic mass is 10.0. The van der Waals surface area contributed by atoms with Crippen LogP contribution in [0.2, 0.25) is 0 Å². The number of nitrogens with one attached hydrogen (secondary N) is 1. The van der Waals surface area contributed by atoms with Crippen LogP contribution in [0.3, 0.4) is 0 Å². The van der Waals surface area contributed by atoms with E-state index in [4.69, 9.17) is 4.74 Å². The van der Waals surface area contributed by atoms with Crippen LogP contribution in [0.5, 0.6) is 0 Å². The predicted octanol–water partition coefficient (Wildman–Crippen LogP) is 15.6. The Bertz CT molecular complexity index is 1200. The molecule has 0 rings (SSSR count). The number of amides is 1. The number of hydrogen-bond acceptors (Lipinski definition) is 5. The van der Waals surface area contributed by atoms with Gasteiger partial charge in [-0.15, -0.1) is 0 Å².